The fourth-order valence-electron chi connectivity index (χ4n) is 2.95. The predicted octanol–water partition coefficient (Wildman–Crippen LogP) is 5.04. The summed E-state index contributed by atoms with van der Waals surface area (Å²) < 4.78 is 5.26. The average Bonchev–Trinajstić information content (AvgIpc) is 2.61. The third-order valence-electron chi connectivity index (χ3n) is 4.43. The van der Waals surface area contributed by atoms with Gasteiger partial charge in [0.15, 0.2) is 5.78 Å². The molecular weight excluding hydrogens is 326 g/mol. The van der Waals surface area contributed by atoms with Crippen LogP contribution in [0, 0.1) is 13.8 Å². The van der Waals surface area contributed by atoms with Crippen molar-refractivity contribution in [3.63, 3.8) is 0 Å². The number of aryl methyl sites for hydroxylation is 2. The minimum absolute atomic E-state index is 0.0884. The second kappa shape index (κ2) is 8.65. The zero-order valence-electron chi connectivity index (χ0n) is 16.2. The van der Waals surface area contributed by atoms with Crippen LogP contribution in [0.2, 0.25) is 0 Å². The molecule has 1 amide bonds. The lowest BCUT2D eigenvalue weighted by Crippen LogP contribution is -2.16. The van der Waals surface area contributed by atoms with Gasteiger partial charge in [0.1, 0.15) is 5.75 Å². The minimum atomic E-state index is -0.152. The van der Waals surface area contributed by atoms with E-state index in [4.69, 9.17) is 4.74 Å². The summed E-state index contributed by atoms with van der Waals surface area (Å²) in [7, 11) is 1.54. The van der Waals surface area contributed by atoms with E-state index in [1.54, 1.807) is 19.2 Å². The van der Waals surface area contributed by atoms with Crippen LogP contribution in [0.15, 0.2) is 36.4 Å². The molecule has 2 aromatic rings. The summed E-state index contributed by atoms with van der Waals surface area (Å²) in [6.45, 7) is 8.09. The molecule has 0 aliphatic rings. The number of carbonyl (C=O) groups is 2. The third-order valence-corrected chi connectivity index (χ3v) is 4.43. The highest BCUT2D eigenvalue weighted by Gasteiger charge is 2.16. The Morgan fingerprint density at radius 2 is 1.81 bits per heavy atom. The number of ether oxygens (including phenoxy) is 1. The van der Waals surface area contributed by atoms with Gasteiger partial charge in [0.2, 0.25) is 5.91 Å². The van der Waals surface area contributed by atoms with Crippen LogP contribution in [-0.4, -0.2) is 18.8 Å². The number of Topliss-reactive ketones (excluding diaryl/α,β-unsaturated/α-hetero) is 1. The summed E-state index contributed by atoms with van der Waals surface area (Å²) >= 11 is 0. The molecule has 0 saturated carbocycles. The number of amides is 1. The van der Waals surface area contributed by atoms with E-state index < -0.39 is 0 Å². The molecule has 0 atom stereocenters. The van der Waals surface area contributed by atoms with E-state index in [0.717, 1.165) is 22.4 Å². The van der Waals surface area contributed by atoms with Crippen molar-refractivity contribution < 1.29 is 14.3 Å². The quantitative estimate of drug-likeness (QED) is 0.710. The fraction of sp³-hybridized carbons (Fsp3) is 0.364. The Morgan fingerprint density at radius 1 is 1.08 bits per heavy atom. The van der Waals surface area contributed by atoms with Gasteiger partial charge in [0.25, 0.3) is 0 Å². The van der Waals surface area contributed by atoms with E-state index in [9.17, 15) is 9.59 Å². The summed E-state index contributed by atoms with van der Waals surface area (Å²) in [5, 5.41) is 2.98. The van der Waals surface area contributed by atoms with Crippen molar-refractivity contribution in [1.82, 2.24) is 0 Å². The van der Waals surface area contributed by atoms with Gasteiger partial charge in [-0.25, -0.2) is 0 Å². The van der Waals surface area contributed by atoms with Crippen molar-refractivity contribution in [2.75, 3.05) is 12.4 Å². The molecule has 2 aromatic carbocycles. The van der Waals surface area contributed by atoms with Gasteiger partial charge < -0.3 is 10.1 Å². The first kappa shape index (κ1) is 19.7. The topological polar surface area (TPSA) is 55.4 Å². The number of nitrogens with one attached hydrogen (secondary N) is 1. The Balaban J connectivity index is 2.06. The first-order valence-electron chi connectivity index (χ1n) is 8.90. The molecule has 26 heavy (non-hydrogen) atoms. The van der Waals surface area contributed by atoms with Crippen LogP contribution in [0.25, 0.3) is 0 Å². The molecule has 1 N–H and O–H groups in total. The number of rotatable bonds is 7. The Bertz CT molecular complexity index is 809. The molecule has 0 unspecified atom stereocenters. The lowest BCUT2D eigenvalue weighted by Gasteiger charge is -2.16. The highest BCUT2D eigenvalue weighted by Crippen LogP contribution is 2.28. The number of methoxy groups -OCH3 is 1. The fourth-order valence-corrected chi connectivity index (χ4v) is 2.95. The Labute approximate surface area is 155 Å². The number of carbonyl (C=O) groups excluding carboxylic acids is 2. The Kier molecular flexibility index (Phi) is 6.56. The summed E-state index contributed by atoms with van der Waals surface area (Å²) in [5.41, 5.74) is 4.49. The number of ketones is 1. The standard InChI is InChI=1S/C22H27NO3/c1-14(2)17-8-6-7-16(4)22(17)23-21(25)12-10-19(24)18-13-15(3)9-11-20(18)26-5/h6-9,11,13-14H,10,12H2,1-5H3,(H,23,25). The maximum atomic E-state index is 12.5. The third kappa shape index (κ3) is 4.72. The zero-order valence-corrected chi connectivity index (χ0v) is 16.2. The van der Waals surface area contributed by atoms with Crippen LogP contribution in [0.3, 0.4) is 0 Å². The molecule has 0 heterocycles. The number of para-hydroxylation sites is 1. The van der Waals surface area contributed by atoms with Crippen molar-refractivity contribution in [2.45, 2.75) is 46.5 Å². The van der Waals surface area contributed by atoms with Crippen molar-refractivity contribution >= 4 is 17.4 Å². The zero-order chi connectivity index (χ0) is 19.3. The molecule has 4 nitrogen and oxygen atoms in total. The summed E-state index contributed by atoms with van der Waals surface area (Å²) in [5.74, 6) is 0.612. The van der Waals surface area contributed by atoms with E-state index in [0.29, 0.717) is 17.2 Å². The summed E-state index contributed by atoms with van der Waals surface area (Å²) in [6.07, 6.45) is 0.288. The van der Waals surface area contributed by atoms with Crippen molar-refractivity contribution in [3.8, 4) is 5.75 Å². The van der Waals surface area contributed by atoms with E-state index >= 15 is 0 Å². The highest BCUT2D eigenvalue weighted by atomic mass is 16.5. The molecule has 0 radical (unpaired) electrons. The van der Waals surface area contributed by atoms with Gasteiger partial charge in [-0.1, -0.05) is 43.7 Å². The molecule has 0 spiro atoms. The van der Waals surface area contributed by atoms with E-state index in [-0.39, 0.29) is 24.5 Å². The maximum Gasteiger partial charge on any atom is 0.224 e. The van der Waals surface area contributed by atoms with Crippen LogP contribution in [0.4, 0.5) is 5.69 Å². The molecular formula is C22H27NO3. The normalized spacial score (nSPS) is 10.7. The lowest BCUT2D eigenvalue weighted by atomic mass is 9.98. The van der Waals surface area contributed by atoms with Crippen molar-refractivity contribution in [2.24, 2.45) is 0 Å². The molecule has 0 aliphatic carbocycles. The van der Waals surface area contributed by atoms with E-state index in [1.165, 1.54) is 0 Å². The van der Waals surface area contributed by atoms with Gasteiger partial charge in [-0.3, -0.25) is 9.59 Å². The Morgan fingerprint density at radius 3 is 2.46 bits per heavy atom. The van der Waals surface area contributed by atoms with Crippen LogP contribution < -0.4 is 10.1 Å². The molecule has 4 heteroatoms. The SMILES string of the molecule is COc1ccc(C)cc1C(=O)CCC(=O)Nc1c(C)cccc1C(C)C. The van der Waals surface area contributed by atoms with Crippen molar-refractivity contribution in [3.05, 3.63) is 58.7 Å². The number of benzene rings is 2. The van der Waals surface area contributed by atoms with Crippen LogP contribution in [0.1, 0.15) is 59.7 Å². The van der Waals surface area contributed by atoms with Gasteiger partial charge in [0, 0.05) is 18.5 Å². The maximum absolute atomic E-state index is 12.5. The molecule has 2 rings (SSSR count). The molecule has 138 valence electrons. The smallest absolute Gasteiger partial charge is 0.224 e. The molecule has 0 bridgehead atoms. The van der Waals surface area contributed by atoms with Gasteiger partial charge in [-0.15, -0.1) is 0 Å². The van der Waals surface area contributed by atoms with Crippen LogP contribution in [0.5, 0.6) is 5.75 Å². The second-order valence-electron chi connectivity index (χ2n) is 6.87. The van der Waals surface area contributed by atoms with Crippen LogP contribution in [-0.2, 0) is 4.79 Å². The number of hydrogen-bond donors (Lipinski definition) is 1. The highest BCUT2D eigenvalue weighted by molar-refractivity contribution is 6.02. The average molecular weight is 353 g/mol. The number of hydrogen-bond acceptors (Lipinski definition) is 3. The minimum Gasteiger partial charge on any atom is -0.496 e. The summed E-state index contributed by atoms with van der Waals surface area (Å²) in [6, 6.07) is 11.5. The largest absolute Gasteiger partial charge is 0.496 e. The van der Waals surface area contributed by atoms with Crippen LogP contribution >= 0.6 is 0 Å². The second-order valence-corrected chi connectivity index (χ2v) is 6.87. The summed E-state index contributed by atoms with van der Waals surface area (Å²) in [4.78, 5) is 24.9. The van der Waals surface area contributed by atoms with Gasteiger partial charge in [-0.05, 0) is 43.0 Å². The Hall–Kier alpha value is -2.62. The first-order chi connectivity index (χ1) is 12.3. The van der Waals surface area contributed by atoms with Gasteiger partial charge in [0.05, 0.1) is 12.7 Å². The molecule has 0 aromatic heterocycles. The van der Waals surface area contributed by atoms with E-state index in [2.05, 4.69) is 19.2 Å². The molecule has 0 saturated heterocycles. The van der Waals surface area contributed by atoms with Gasteiger partial charge >= 0.3 is 0 Å². The van der Waals surface area contributed by atoms with Crippen molar-refractivity contribution in [1.29, 1.82) is 0 Å². The first-order valence-corrected chi connectivity index (χ1v) is 8.90. The van der Waals surface area contributed by atoms with Gasteiger partial charge in [-0.2, -0.15) is 0 Å². The monoisotopic (exact) mass is 353 g/mol. The van der Waals surface area contributed by atoms with E-state index in [1.807, 2.05) is 38.1 Å². The molecule has 0 aliphatic heterocycles. The molecule has 0 fully saturated rings. The predicted molar refractivity (Wildman–Crippen MR) is 105 cm³/mol. The number of anilines is 1. The lowest BCUT2D eigenvalue weighted by molar-refractivity contribution is -0.116.